The second-order valence-corrected chi connectivity index (χ2v) is 5.35. The number of fused-ring (bicyclic) bond motifs is 1. The number of rotatable bonds is 2. The molecule has 0 saturated carbocycles. The van der Waals surface area contributed by atoms with Crippen LogP contribution in [0.4, 0.5) is 10.1 Å². The lowest BCUT2D eigenvalue weighted by molar-refractivity contribution is 0.0903. The summed E-state index contributed by atoms with van der Waals surface area (Å²) in [5.41, 5.74) is 8.41. The average Bonchev–Trinajstić information content (AvgIpc) is 2.47. The van der Waals surface area contributed by atoms with Crippen LogP contribution < -0.4 is 10.5 Å². The molecule has 3 rings (SSSR count). The lowest BCUT2D eigenvalue weighted by atomic mass is 9.98. The van der Waals surface area contributed by atoms with Crippen LogP contribution in [-0.2, 0) is 0 Å². The predicted molar refractivity (Wildman–Crippen MR) is 82.2 cm³/mol. The number of nitrogen functional groups attached to an aromatic ring is 1. The maximum Gasteiger partial charge on any atom is 0.197 e. The van der Waals surface area contributed by atoms with Gasteiger partial charge in [0.2, 0.25) is 0 Å². The van der Waals surface area contributed by atoms with E-state index < -0.39 is 5.72 Å². The van der Waals surface area contributed by atoms with E-state index in [-0.39, 0.29) is 5.82 Å². The summed E-state index contributed by atoms with van der Waals surface area (Å²) >= 11 is 0. The number of aliphatic imine (C=N–C) groups is 1. The van der Waals surface area contributed by atoms with E-state index in [1.807, 2.05) is 26.0 Å². The smallest absolute Gasteiger partial charge is 0.197 e. The molecule has 4 heteroatoms. The van der Waals surface area contributed by atoms with Gasteiger partial charge in [0, 0.05) is 29.3 Å². The summed E-state index contributed by atoms with van der Waals surface area (Å²) in [6, 6.07) is 11.9. The van der Waals surface area contributed by atoms with Gasteiger partial charge in [-0.05, 0) is 43.3 Å². The second-order valence-electron chi connectivity index (χ2n) is 5.35. The van der Waals surface area contributed by atoms with Gasteiger partial charge in [-0.25, -0.2) is 9.38 Å². The highest BCUT2D eigenvalue weighted by Crippen LogP contribution is 2.35. The molecule has 1 aliphatic rings. The molecule has 0 aliphatic carbocycles. The molecule has 0 spiro atoms. The molecule has 2 aromatic carbocycles. The van der Waals surface area contributed by atoms with Crippen molar-refractivity contribution in [2.24, 2.45) is 4.99 Å². The van der Waals surface area contributed by atoms with Gasteiger partial charge in [-0.2, -0.15) is 0 Å². The fourth-order valence-electron chi connectivity index (χ4n) is 2.35. The summed E-state index contributed by atoms with van der Waals surface area (Å²) in [6.45, 7) is 3.95. The van der Waals surface area contributed by atoms with E-state index in [9.17, 15) is 4.39 Å². The van der Waals surface area contributed by atoms with Crippen LogP contribution in [-0.4, -0.2) is 11.4 Å². The standard InChI is InChI=1S/C17H17FN2O/c1-3-17(2)20-16(11-4-6-12(18)7-5-11)14-9-8-13(19)10-15(14)21-17/h4-10H,3,19H2,1-2H3. The van der Waals surface area contributed by atoms with Crippen LogP contribution in [0, 0.1) is 5.82 Å². The number of anilines is 1. The van der Waals surface area contributed by atoms with E-state index in [0.29, 0.717) is 11.4 Å². The summed E-state index contributed by atoms with van der Waals surface area (Å²) in [5.74, 6) is 0.455. The number of hydrogen-bond donors (Lipinski definition) is 1. The Balaban J connectivity index is 2.18. The van der Waals surface area contributed by atoms with Crippen LogP contribution in [0.25, 0.3) is 0 Å². The fourth-order valence-corrected chi connectivity index (χ4v) is 2.35. The van der Waals surface area contributed by atoms with Crippen molar-refractivity contribution in [1.29, 1.82) is 0 Å². The van der Waals surface area contributed by atoms with Gasteiger partial charge in [0.15, 0.2) is 5.72 Å². The number of benzene rings is 2. The van der Waals surface area contributed by atoms with E-state index >= 15 is 0 Å². The second kappa shape index (κ2) is 4.88. The van der Waals surface area contributed by atoms with Crippen molar-refractivity contribution < 1.29 is 9.13 Å². The quantitative estimate of drug-likeness (QED) is 0.853. The first kappa shape index (κ1) is 13.6. The Labute approximate surface area is 123 Å². The Bertz CT molecular complexity index is 709. The molecule has 0 aromatic heterocycles. The van der Waals surface area contributed by atoms with E-state index in [1.165, 1.54) is 12.1 Å². The van der Waals surface area contributed by atoms with E-state index in [0.717, 1.165) is 23.3 Å². The molecule has 0 fully saturated rings. The van der Waals surface area contributed by atoms with Crippen molar-refractivity contribution in [2.45, 2.75) is 26.0 Å². The molecule has 1 heterocycles. The van der Waals surface area contributed by atoms with Crippen molar-refractivity contribution in [3.8, 4) is 5.75 Å². The number of halogens is 1. The molecule has 0 radical (unpaired) electrons. The highest BCUT2D eigenvalue weighted by atomic mass is 19.1. The largest absolute Gasteiger partial charge is 0.466 e. The maximum absolute atomic E-state index is 13.1. The van der Waals surface area contributed by atoms with Gasteiger partial charge in [0.25, 0.3) is 0 Å². The minimum Gasteiger partial charge on any atom is -0.466 e. The minimum atomic E-state index is -0.634. The third-order valence-electron chi connectivity index (χ3n) is 3.71. The van der Waals surface area contributed by atoms with E-state index in [2.05, 4.69) is 0 Å². The molecule has 21 heavy (non-hydrogen) atoms. The number of nitrogens with two attached hydrogens (primary N) is 1. The zero-order chi connectivity index (χ0) is 15.0. The maximum atomic E-state index is 13.1. The summed E-state index contributed by atoms with van der Waals surface area (Å²) in [6.07, 6.45) is 0.728. The first-order chi connectivity index (χ1) is 10.0. The van der Waals surface area contributed by atoms with Gasteiger partial charge < -0.3 is 10.5 Å². The number of ether oxygens (including phenoxy) is 1. The van der Waals surface area contributed by atoms with Crippen molar-refractivity contribution in [2.75, 3.05) is 5.73 Å². The summed E-state index contributed by atoms with van der Waals surface area (Å²) in [5, 5.41) is 0. The molecule has 2 N–H and O–H groups in total. The molecule has 1 aliphatic heterocycles. The fraction of sp³-hybridized carbons (Fsp3) is 0.235. The van der Waals surface area contributed by atoms with Crippen molar-refractivity contribution in [3.05, 3.63) is 59.4 Å². The van der Waals surface area contributed by atoms with Gasteiger partial charge in [0.05, 0.1) is 5.71 Å². The third kappa shape index (κ3) is 2.49. The highest BCUT2D eigenvalue weighted by molar-refractivity contribution is 6.15. The van der Waals surface area contributed by atoms with Crippen LogP contribution in [0.2, 0.25) is 0 Å². The summed E-state index contributed by atoms with van der Waals surface area (Å²) in [4.78, 5) is 4.73. The van der Waals surface area contributed by atoms with Crippen LogP contribution in [0.3, 0.4) is 0 Å². The number of nitrogens with zero attached hydrogens (tertiary/aromatic N) is 1. The Hall–Kier alpha value is -2.36. The Kier molecular flexibility index (Phi) is 3.16. The number of hydrogen-bond acceptors (Lipinski definition) is 3. The summed E-state index contributed by atoms with van der Waals surface area (Å²) in [7, 11) is 0. The highest BCUT2D eigenvalue weighted by Gasteiger charge is 2.31. The molecule has 3 nitrogen and oxygen atoms in total. The molecule has 1 unspecified atom stereocenters. The molecule has 0 bridgehead atoms. The first-order valence-corrected chi connectivity index (χ1v) is 6.95. The van der Waals surface area contributed by atoms with Gasteiger partial charge in [0.1, 0.15) is 11.6 Å². The SMILES string of the molecule is CCC1(C)N=C(c2ccc(F)cc2)c2ccc(N)cc2O1. The molecular weight excluding hydrogens is 267 g/mol. The summed E-state index contributed by atoms with van der Waals surface area (Å²) < 4.78 is 19.1. The Morgan fingerprint density at radius 1 is 1.19 bits per heavy atom. The van der Waals surface area contributed by atoms with Crippen LogP contribution in [0.5, 0.6) is 5.75 Å². The van der Waals surface area contributed by atoms with Crippen molar-refractivity contribution >= 4 is 11.4 Å². The monoisotopic (exact) mass is 284 g/mol. The van der Waals surface area contributed by atoms with Gasteiger partial charge in [-0.1, -0.05) is 6.92 Å². The molecule has 0 saturated heterocycles. The average molecular weight is 284 g/mol. The zero-order valence-electron chi connectivity index (χ0n) is 12.1. The molecule has 108 valence electrons. The van der Waals surface area contributed by atoms with Gasteiger partial charge in [-0.3, -0.25) is 0 Å². The van der Waals surface area contributed by atoms with Gasteiger partial charge in [-0.15, -0.1) is 0 Å². The van der Waals surface area contributed by atoms with Crippen LogP contribution in [0.15, 0.2) is 47.5 Å². The van der Waals surface area contributed by atoms with Crippen molar-refractivity contribution in [3.63, 3.8) is 0 Å². The Morgan fingerprint density at radius 2 is 1.90 bits per heavy atom. The first-order valence-electron chi connectivity index (χ1n) is 6.95. The topological polar surface area (TPSA) is 47.6 Å². The molecule has 2 aromatic rings. The van der Waals surface area contributed by atoms with Crippen molar-refractivity contribution in [1.82, 2.24) is 0 Å². The van der Waals surface area contributed by atoms with Gasteiger partial charge >= 0.3 is 0 Å². The minimum absolute atomic E-state index is 0.262. The van der Waals surface area contributed by atoms with E-state index in [4.69, 9.17) is 15.5 Å². The lowest BCUT2D eigenvalue weighted by Crippen LogP contribution is -2.35. The zero-order valence-corrected chi connectivity index (χ0v) is 12.1. The normalized spacial score (nSPS) is 20.4. The molecule has 0 amide bonds. The Morgan fingerprint density at radius 3 is 2.57 bits per heavy atom. The predicted octanol–water partition coefficient (Wildman–Crippen LogP) is 3.76. The van der Waals surface area contributed by atoms with Crippen LogP contribution >= 0.6 is 0 Å². The molecular formula is C17H17FN2O. The molecule has 1 atom stereocenters. The third-order valence-corrected chi connectivity index (χ3v) is 3.71. The lowest BCUT2D eigenvalue weighted by Gasteiger charge is -2.32. The van der Waals surface area contributed by atoms with Crippen LogP contribution in [0.1, 0.15) is 31.4 Å². The van der Waals surface area contributed by atoms with E-state index in [1.54, 1.807) is 18.2 Å².